The van der Waals surface area contributed by atoms with Crippen LogP contribution in [0.4, 0.5) is 11.9 Å². The van der Waals surface area contributed by atoms with Crippen LogP contribution in [0.1, 0.15) is 13.8 Å². The van der Waals surface area contributed by atoms with Crippen molar-refractivity contribution in [2.45, 2.75) is 19.9 Å². The van der Waals surface area contributed by atoms with Crippen LogP contribution in [0.2, 0.25) is 0 Å². The van der Waals surface area contributed by atoms with E-state index in [1.807, 2.05) is 6.92 Å². The number of aromatic nitrogens is 3. The van der Waals surface area contributed by atoms with E-state index < -0.39 is 9.84 Å². The minimum atomic E-state index is -3.06. The van der Waals surface area contributed by atoms with Gasteiger partial charge in [0, 0.05) is 18.8 Å². The average molecular weight is 289 g/mol. The van der Waals surface area contributed by atoms with Gasteiger partial charge in [-0.15, -0.1) is 0 Å². The average Bonchev–Trinajstić information content (AvgIpc) is 2.26. The zero-order valence-corrected chi connectivity index (χ0v) is 12.3. The lowest BCUT2D eigenvalue weighted by Crippen LogP contribution is -2.26. The van der Waals surface area contributed by atoms with Crippen LogP contribution in [0.25, 0.3) is 0 Å². The van der Waals surface area contributed by atoms with Crippen molar-refractivity contribution in [2.24, 2.45) is 0 Å². The summed E-state index contributed by atoms with van der Waals surface area (Å²) in [4.78, 5) is 12.1. The summed E-state index contributed by atoms with van der Waals surface area (Å²) >= 11 is 0. The van der Waals surface area contributed by atoms with Crippen LogP contribution in [0.15, 0.2) is 0 Å². The number of methoxy groups -OCH3 is 1. The number of ether oxygens (including phenoxy) is 1. The Morgan fingerprint density at radius 3 is 2.42 bits per heavy atom. The molecule has 0 spiro atoms. The second-order valence-electron chi connectivity index (χ2n) is 4.14. The summed E-state index contributed by atoms with van der Waals surface area (Å²) in [7, 11) is -1.61. The first-order chi connectivity index (χ1) is 8.84. The number of nitrogens with one attached hydrogen (secondary N) is 2. The van der Waals surface area contributed by atoms with Crippen LogP contribution in [-0.4, -0.2) is 55.1 Å². The summed E-state index contributed by atoms with van der Waals surface area (Å²) in [5.41, 5.74) is 0. The van der Waals surface area contributed by atoms with E-state index in [0.29, 0.717) is 12.5 Å². The molecule has 0 radical (unpaired) electrons. The predicted molar refractivity (Wildman–Crippen MR) is 73.3 cm³/mol. The Labute approximate surface area is 112 Å². The summed E-state index contributed by atoms with van der Waals surface area (Å²) < 4.78 is 27.4. The van der Waals surface area contributed by atoms with E-state index in [1.165, 1.54) is 13.4 Å². The van der Waals surface area contributed by atoms with Crippen molar-refractivity contribution in [3.8, 4) is 6.01 Å². The molecular weight excluding hydrogens is 270 g/mol. The van der Waals surface area contributed by atoms with Crippen molar-refractivity contribution in [3.05, 3.63) is 0 Å². The van der Waals surface area contributed by atoms with Crippen LogP contribution in [-0.2, 0) is 9.84 Å². The molecule has 1 aromatic heterocycles. The molecule has 1 aromatic rings. The predicted octanol–water partition coefficient (Wildman–Crippen LogP) is 0.157. The van der Waals surface area contributed by atoms with Gasteiger partial charge in [0.25, 0.3) is 0 Å². The Hall–Kier alpha value is -1.64. The third-order valence-corrected chi connectivity index (χ3v) is 3.17. The highest BCUT2D eigenvalue weighted by Gasteiger charge is 2.13. The first kappa shape index (κ1) is 15.4. The molecule has 1 atom stereocenters. The third-order valence-electron chi connectivity index (χ3n) is 2.06. The van der Waals surface area contributed by atoms with E-state index in [-0.39, 0.29) is 23.8 Å². The van der Waals surface area contributed by atoms with E-state index in [2.05, 4.69) is 25.6 Å². The van der Waals surface area contributed by atoms with Crippen LogP contribution < -0.4 is 15.4 Å². The van der Waals surface area contributed by atoms with Crippen molar-refractivity contribution < 1.29 is 13.2 Å². The van der Waals surface area contributed by atoms with Crippen LogP contribution >= 0.6 is 0 Å². The normalized spacial score (nSPS) is 12.8. The third kappa shape index (κ3) is 5.69. The largest absolute Gasteiger partial charge is 0.467 e. The zero-order chi connectivity index (χ0) is 14.5. The van der Waals surface area contributed by atoms with E-state index in [1.54, 1.807) is 6.92 Å². The number of hydrogen-bond donors (Lipinski definition) is 2. The number of rotatable bonds is 7. The monoisotopic (exact) mass is 289 g/mol. The van der Waals surface area contributed by atoms with E-state index in [4.69, 9.17) is 4.74 Å². The summed E-state index contributed by atoms with van der Waals surface area (Å²) in [5, 5.41) is 5.85. The van der Waals surface area contributed by atoms with Gasteiger partial charge < -0.3 is 15.4 Å². The SMILES string of the molecule is CCNc1nc(NC(C)CS(C)(=O)=O)nc(OC)n1. The molecule has 9 heteroatoms. The molecule has 2 N–H and O–H groups in total. The standard InChI is InChI=1S/C10H19N5O3S/c1-5-11-8-13-9(15-10(14-8)18-3)12-7(2)6-19(4,16)17/h7H,5-6H2,1-4H3,(H2,11,12,13,14,15). The molecule has 0 fully saturated rings. The Bertz CT molecular complexity index is 520. The molecule has 0 aliphatic heterocycles. The minimum Gasteiger partial charge on any atom is -0.467 e. The molecule has 0 saturated carbocycles. The lowest BCUT2D eigenvalue weighted by molar-refractivity contribution is 0.379. The summed E-state index contributed by atoms with van der Waals surface area (Å²) in [6.07, 6.45) is 1.18. The maximum absolute atomic E-state index is 11.2. The maximum atomic E-state index is 11.2. The van der Waals surface area contributed by atoms with Gasteiger partial charge in [-0.05, 0) is 13.8 Å². The van der Waals surface area contributed by atoms with Crippen LogP contribution in [0.5, 0.6) is 6.01 Å². The van der Waals surface area contributed by atoms with Gasteiger partial charge in [-0.25, -0.2) is 8.42 Å². The highest BCUT2D eigenvalue weighted by Crippen LogP contribution is 2.11. The van der Waals surface area contributed by atoms with Crippen molar-refractivity contribution in [2.75, 3.05) is 36.3 Å². The van der Waals surface area contributed by atoms with E-state index in [0.717, 1.165) is 0 Å². The van der Waals surface area contributed by atoms with Gasteiger partial charge in [0.05, 0.1) is 12.9 Å². The number of sulfone groups is 1. The Morgan fingerprint density at radius 2 is 1.89 bits per heavy atom. The molecule has 0 aliphatic rings. The Kier molecular flexibility index (Phi) is 5.28. The van der Waals surface area contributed by atoms with Gasteiger partial charge in [-0.3, -0.25) is 0 Å². The fraction of sp³-hybridized carbons (Fsp3) is 0.700. The first-order valence-electron chi connectivity index (χ1n) is 5.82. The summed E-state index contributed by atoms with van der Waals surface area (Å²) in [6, 6.07) is -0.142. The van der Waals surface area contributed by atoms with Gasteiger partial charge in [0.2, 0.25) is 11.9 Å². The summed E-state index contributed by atoms with van der Waals surface area (Å²) in [5.74, 6) is 0.653. The summed E-state index contributed by atoms with van der Waals surface area (Å²) in [6.45, 7) is 4.31. The van der Waals surface area contributed by atoms with Gasteiger partial charge in [0.15, 0.2) is 0 Å². The molecule has 0 aromatic carbocycles. The molecule has 0 aliphatic carbocycles. The molecular formula is C10H19N5O3S. The number of nitrogens with zero attached hydrogens (tertiary/aromatic N) is 3. The second kappa shape index (κ2) is 6.50. The topological polar surface area (TPSA) is 106 Å². The molecule has 0 saturated heterocycles. The van der Waals surface area contributed by atoms with Gasteiger partial charge in [-0.1, -0.05) is 0 Å². The fourth-order valence-electron chi connectivity index (χ4n) is 1.47. The zero-order valence-electron chi connectivity index (χ0n) is 11.5. The van der Waals surface area contributed by atoms with Crippen molar-refractivity contribution in [3.63, 3.8) is 0 Å². The Morgan fingerprint density at radius 1 is 1.26 bits per heavy atom. The van der Waals surface area contributed by atoms with E-state index >= 15 is 0 Å². The lowest BCUT2D eigenvalue weighted by Gasteiger charge is -2.13. The molecule has 0 amide bonds. The van der Waals surface area contributed by atoms with Crippen molar-refractivity contribution in [1.82, 2.24) is 15.0 Å². The van der Waals surface area contributed by atoms with Gasteiger partial charge in [-0.2, -0.15) is 15.0 Å². The van der Waals surface area contributed by atoms with Gasteiger partial charge in [0.1, 0.15) is 9.84 Å². The first-order valence-corrected chi connectivity index (χ1v) is 7.88. The van der Waals surface area contributed by atoms with Crippen molar-refractivity contribution in [1.29, 1.82) is 0 Å². The molecule has 19 heavy (non-hydrogen) atoms. The van der Waals surface area contributed by atoms with Crippen LogP contribution in [0.3, 0.4) is 0 Å². The quantitative estimate of drug-likeness (QED) is 0.731. The van der Waals surface area contributed by atoms with Crippen molar-refractivity contribution >= 4 is 21.7 Å². The maximum Gasteiger partial charge on any atom is 0.322 e. The second-order valence-corrected chi connectivity index (χ2v) is 6.32. The smallest absolute Gasteiger partial charge is 0.322 e. The molecule has 0 bridgehead atoms. The minimum absolute atomic E-state index is 0.00244. The number of hydrogen-bond acceptors (Lipinski definition) is 8. The molecule has 8 nitrogen and oxygen atoms in total. The van der Waals surface area contributed by atoms with Crippen LogP contribution in [0, 0.1) is 0 Å². The lowest BCUT2D eigenvalue weighted by atomic mass is 10.4. The molecule has 1 heterocycles. The van der Waals surface area contributed by atoms with E-state index in [9.17, 15) is 8.42 Å². The molecule has 1 unspecified atom stereocenters. The Balaban J connectivity index is 2.84. The fourth-order valence-corrected chi connectivity index (χ4v) is 2.46. The molecule has 1 rings (SSSR count). The number of anilines is 2. The highest BCUT2D eigenvalue weighted by molar-refractivity contribution is 7.90. The molecule has 108 valence electrons. The highest BCUT2D eigenvalue weighted by atomic mass is 32.2. The van der Waals surface area contributed by atoms with Gasteiger partial charge >= 0.3 is 6.01 Å².